The van der Waals surface area contributed by atoms with Crippen LogP contribution in [0.25, 0.3) is 122 Å². The molecule has 0 bridgehead atoms. The van der Waals surface area contributed by atoms with Gasteiger partial charge in [0.2, 0.25) is 0 Å². The van der Waals surface area contributed by atoms with Gasteiger partial charge in [0.1, 0.15) is 11.2 Å². The molecule has 12 rings (SSSR count). The van der Waals surface area contributed by atoms with Crippen LogP contribution in [0.2, 0.25) is 0 Å². The molecular formula is C56H34N4O. The van der Waals surface area contributed by atoms with Crippen LogP contribution in [0, 0.1) is 0 Å². The van der Waals surface area contributed by atoms with Crippen LogP contribution in [-0.2, 0) is 0 Å². The van der Waals surface area contributed by atoms with Crippen molar-refractivity contribution in [2.45, 2.75) is 0 Å². The van der Waals surface area contributed by atoms with Crippen LogP contribution in [0.3, 0.4) is 0 Å². The zero-order valence-electron chi connectivity index (χ0n) is 32.8. The molecule has 284 valence electrons. The van der Waals surface area contributed by atoms with Crippen LogP contribution in [0.5, 0.6) is 0 Å². The van der Waals surface area contributed by atoms with E-state index in [-0.39, 0.29) is 0 Å². The summed E-state index contributed by atoms with van der Waals surface area (Å²) in [4.78, 5) is 20.6. The average Bonchev–Trinajstić information content (AvgIpc) is 3.74. The Bertz CT molecular complexity index is 3630. The molecule has 5 nitrogen and oxygen atoms in total. The van der Waals surface area contributed by atoms with Gasteiger partial charge in [0.25, 0.3) is 0 Å². The average molecular weight is 779 g/mol. The first kappa shape index (κ1) is 34.7. The van der Waals surface area contributed by atoms with Crippen LogP contribution < -0.4 is 0 Å². The maximum atomic E-state index is 6.47. The highest BCUT2D eigenvalue weighted by atomic mass is 16.3. The third-order valence-corrected chi connectivity index (χ3v) is 11.7. The van der Waals surface area contributed by atoms with E-state index < -0.39 is 0 Å². The second-order valence-electron chi connectivity index (χ2n) is 15.4. The van der Waals surface area contributed by atoms with Crippen molar-refractivity contribution in [1.82, 2.24) is 19.9 Å². The van der Waals surface area contributed by atoms with Gasteiger partial charge < -0.3 is 4.42 Å². The molecule has 0 fully saturated rings. The number of benzene rings is 9. The molecule has 0 aliphatic rings. The molecule has 61 heavy (non-hydrogen) atoms. The Balaban J connectivity index is 0.982. The van der Waals surface area contributed by atoms with Crippen molar-refractivity contribution in [3.05, 3.63) is 206 Å². The van der Waals surface area contributed by atoms with Gasteiger partial charge in [-0.05, 0) is 74.1 Å². The van der Waals surface area contributed by atoms with Crippen molar-refractivity contribution in [3.8, 4) is 67.7 Å². The number of furan rings is 1. The minimum absolute atomic E-state index is 0.589. The molecule has 0 aliphatic carbocycles. The summed E-state index contributed by atoms with van der Waals surface area (Å²) in [5.74, 6) is 1.80. The van der Waals surface area contributed by atoms with E-state index in [2.05, 4.69) is 164 Å². The van der Waals surface area contributed by atoms with E-state index in [0.29, 0.717) is 17.5 Å². The minimum Gasteiger partial charge on any atom is -0.455 e. The van der Waals surface area contributed by atoms with Gasteiger partial charge >= 0.3 is 0 Å². The minimum atomic E-state index is 0.589. The number of pyridine rings is 1. The number of hydrogen-bond acceptors (Lipinski definition) is 5. The van der Waals surface area contributed by atoms with Crippen LogP contribution in [0.4, 0.5) is 0 Å². The van der Waals surface area contributed by atoms with Crippen molar-refractivity contribution in [2.75, 3.05) is 0 Å². The molecule has 3 aromatic heterocycles. The summed E-state index contributed by atoms with van der Waals surface area (Å²) in [7, 11) is 0. The fourth-order valence-electron chi connectivity index (χ4n) is 8.72. The summed E-state index contributed by atoms with van der Waals surface area (Å²) >= 11 is 0. The zero-order valence-corrected chi connectivity index (χ0v) is 32.8. The first-order valence-electron chi connectivity index (χ1n) is 20.5. The molecular weight excluding hydrogens is 745 g/mol. The lowest BCUT2D eigenvalue weighted by molar-refractivity contribution is 0.672. The van der Waals surface area contributed by atoms with E-state index >= 15 is 0 Å². The Morgan fingerprint density at radius 1 is 0.311 bits per heavy atom. The maximum absolute atomic E-state index is 6.47. The van der Waals surface area contributed by atoms with Gasteiger partial charge in [-0.25, -0.2) is 19.9 Å². The first-order chi connectivity index (χ1) is 30.2. The third kappa shape index (κ3) is 6.02. The number of aromatic nitrogens is 4. The highest BCUT2D eigenvalue weighted by Crippen LogP contribution is 2.40. The molecule has 5 heteroatoms. The summed E-state index contributed by atoms with van der Waals surface area (Å²) < 4.78 is 6.47. The van der Waals surface area contributed by atoms with Gasteiger partial charge in [-0.1, -0.05) is 176 Å². The van der Waals surface area contributed by atoms with Crippen molar-refractivity contribution >= 4 is 54.4 Å². The largest absolute Gasteiger partial charge is 0.455 e. The molecule has 0 radical (unpaired) electrons. The predicted molar refractivity (Wildman–Crippen MR) is 250 cm³/mol. The van der Waals surface area contributed by atoms with Gasteiger partial charge in [0.05, 0.1) is 16.6 Å². The van der Waals surface area contributed by atoms with Crippen LogP contribution >= 0.6 is 0 Å². The molecule has 0 N–H and O–H groups in total. The molecule has 0 unspecified atom stereocenters. The Kier molecular flexibility index (Phi) is 8.10. The highest BCUT2D eigenvalue weighted by molar-refractivity contribution is 6.19. The maximum Gasteiger partial charge on any atom is 0.164 e. The topological polar surface area (TPSA) is 64.7 Å². The molecule has 0 saturated carbocycles. The molecule has 3 heterocycles. The lowest BCUT2D eigenvalue weighted by atomic mass is 9.93. The highest BCUT2D eigenvalue weighted by Gasteiger charge is 2.19. The number of nitrogens with zero attached hydrogens (tertiary/aromatic N) is 4. The fraction of sp³-hybridized carbons (Fsp3) is 0. The van der Waals surface area contributed by atoms with Crippen molar-refractivity contribution in [1.29, 1.82) is 0 Å². The number of para-hydroxylation sites is 2. The molecule has 12 aromatic rings. The Hall–Kier alpha value is -8.28. The standard InChI is InChI=1S/C56H34N4O/c1-2-13-35(14-3-1)40-16-12-17-42(33-40)56-59-54(38-29-25-36(26-30-38)48-34-41-15-4-5-18-43(41)44-19-6-7-20-45(44)48)58-55(60-56)39-31-27-37(28-32-39)52-51-47-22-9-11-24-50(47)61-53(51)46-21-8-10-23-49(46)57-52/h1-34H. The first-order valence-corrected chi connectivity index (χ1v) is 20.5. The lowest BCUT2D eigenvalue weighted by Gasteiger charge is -2.12. The summed E-state index contributed by atoms with van der Waals surface area (Å²) in [5, 5.41) is 7.98. The van der Waals surface area contributed by atoms with E-state index in [1.807, 2.05) is 42.5 Å². The Morgan fingerprint density at radius 3 is 1.61 bits per heavy atom. The van der Waals surface area contributed by atoms with Crippen LogP contribution in [-0.4, -0.2) is 19.9 Å². The summed E-state index contributed by atoms with van der Waals surface area (Å²) in [6, 6.07) is 71.6. The smallest absolute Gasteiger partial charge is 0.164 e. The van der Waals surface area contributed by atoms with Crippen molar-refractivity contribution in [3.63, 3.8) is 0 Å². The van der Waals surface area contributed by atoms with Gasteiger partial charge in [0.15, 0.2) is 17.5 Å². The predicted octanol–water partition coefficient (Wildman–Crippen LogP) is 14.6. The van der Waals surface area contributed by atoms with Crippen LogP contribution in [0.1, 0.15) is 0 Å². The quantitative estimate of drug-likeness (QED) is 0.157. The molecule has 0 spiro atoms. The zero-order chi connectivity index (χ0) is 40.3. The Labute approximate surface area is 351 Å². The molecule has 0 atom stereocenters. The van der Waals surface area contributed by atoms with Crippen molar-refractivity contribution in [2.24, 2.45) is 0 Å². The number of rotatable bonds is 6. The fourth-order valence-corrected chi connectivity index (χ4v) is 8.72. The van der Waals surface area contributed by atoms with E-state index in [1.165, 1.54) is 27.1 Å². The Morgan fingerprint density at radius 2 is 0.852 bits per heavy atom. The molecule has 0 aliphatic heterocycles. The van der Waals surface area contributed by atoms with Gasteiger partial charge in [0, 0.05) is 33.0 Å². The number of fused-ring (bicyclic) bond motifs is 8. The molecule has 0 saturated heterocycles. The van der Waals surface area contributed by atoms with Gasteiger partial charge in [-0.2, -0.15) is 0 Å². The number of hydrogen-bond donors (Lipinski definition) is 0. The van der Waals surface area contributed by atoms with Gasteiger partial charge in [-0.15, -0.1) is 0 Å². The van der Waals surface area contributed by atoms with E-state index in [9.17, 15) is 0 Å². The normalized spacial score (nSPS) is 11.6. The monoisotopic (exact) mass is 778 g/mol. The van der Waals surface area contributed by atoms with E-state index in [0.717, 1.165) is 77.5 Å². The van der Waals surface area contributed by atoms with Crippen molar-refractivity contribution < 1.29 is 4.42 Å². The van der Waals surface area contributed by atoms with Crippen LogP contribution in [0.15, 0.2) is 211 Å². The van der Waals surface area contributed by atoms with E-state index in [4.69, 9.17) is 24.4 Å². The third-order valence-electron chi connectivity index (χ3n) is 11.7. The summed E-state index contributed by atoms with van der Waals surface area (Å²) in [6.07, 6.45) is 0. The summed E-state index contributed by atoms with van der Waals surface area (Å²) in [5.41, 5.74) is 11.7. The van der Waals surface area contributed by atoms with Gasteiger partial charge in [-0.3, -0.25) is 0 Å². The molecule has 0 amide bonds. The molecule has 9 aromatic carbocycles. The summed E-state index contributed by atoms with van der Waals surface area (Å²) in [6.45, 7) is 0. The second kappa shape index (κ2) is 14.2. The lowest BCUT2D eigenvalue weighted by Crippen LogP contribution is -2.00. The van der Waals surface area contributed by atoms with E-state index in [1.54, 1.807) is 0 Å². The second-order valence-corrected chi connectivity index (χ2v) is 15.4. The SMILES string of the molecule is c1ccc(-c2cccc(-c3nc(-c4ccc(-c5cc6ccccc6c6ccccc56)cc4)nc(-c4ccc(-c5nc6ccccc6c6oc7ccccc7c56)cc4)n3)c2)cc1.